The van der Waals surface area contributed by atoms with Crippen molar-refractivity contribution < 1.29 is 0 Å². The van der Waals surface area contributed by atoms with E-state index in [0.29, 0.717) is 34.7 Å². The van der Waals surface area contributed by atoms with Gasteiger partial charge in [-0.25, -0.2) is 39.9 Å². The number of nitrogens with zero attached hydrogens (tertiary/aromatic N) is 10. The molecule has 10 nitrogen and oxygen atoms in total. The van der Waals surface area contributed by atoms with Crippen molar-refractivity contribution in [3.05, 3.63) is 144 Å². The first-order chi connectivity index (χ1) is 26.1. The van der Waals surface area contributed by atoms with E-state index in [9.17, 15) is 0 Å². The highest BCUT2D eigenvalue weighted by atomic mass is 15.0. The first kappa shape index (κ1) is 32.0. The molecule has 4 heterocycles. The second-order valence-electron chi connectivity index (χ2n) is 12.9. The highest BCUT2D eigenvalue weighted by Gasteiger charge is 2.40. The molecule has 0 fully saturated rings. The van der Waals surface area contributed by atoms with Crippen molar-refractivity contribution >= 4 is 46.4 Å². The van der Waals surface area contributed by atoms with Gasteiger partial charge in [-0.15, -0.1) is 0 Å². The van der Waals surface area contributed by atoms with Crippen molar-refractivity contribution in [2.45, 2.75) is 32.1 Å². The van der Waals surface area contributed by atoms with Crippen LogP contribution in [-0.2, 0) is 5.41 Å². The van der Waals surface area contributed by atoms with Crippen LogP contribution in [0.3, 0.4) is 0 Å². The fourth-order valence-electron chi connectivity index (χ4n) is 7.25. The molecule has 0 saturated heterocycles. The molecule has 0 amide bonds. The summed E-state index contributed by atoms with van der Waals surface area (Å²) in [6, 6.07) is 28.9. The summed E-state index contributed by atoms with van der Waals surface area (Å²) in [5, 5.41) is 0. The predicted molar refractivity (Wildman–Crippen MR) is 208 cm³/mol. The van der Waals surface area contributed by atoms with E-state index >= 15 is 0 Å². The minimum Gasteiger partial charge on any atom is -0.252 e. The third-order valence-electron chi connectivity index (χ3n) is 10.0. The molecule has 0 N–H and O–H groups in total. The molecule has 0 atom stereocenters. The summed E-state index contributed by atoms with van der Waals surface area (Å²) in [5.74, 6) is 2.08. The van der Waals surface area contributed by atoms with Gasteiger partial charge in [-0.2, -0.15) is 0 Å². The molecule has 0 unspecified atom stereocenters. The first-order valence-corrected chi connectivity index (χ1v) is 17.6. The lowest BCUT2D eigenvalue weighted by Gasteiger charge is -2.30. The number of rotatable bonds is 8. The van der Waals surface area contributed by atoms with E-state index in [4.69, 9.17) is 9.97 Å². The number of para-hydroxylation sites is 4. The fourth-order valence-corrected chi connectivity index (χ4v) is 7.25. The van der Waals surface area contributed by atoms with Crippen LogP contribution in [-0.4, -0.2) is 49.8 Å². The molecule has 9 rings (SSSR count). The van der Waals surface area contributed by atoms with Crippen LogP contribution in [0.15, 0.2) is 110 Å². The Bertz CT molecular complexity index is 2550. The first-order valence-electron chi connectivity index (χ1n) is 17.6. The van der Waals surface area contributed by atoms with Crippen molar-refractivity contribution in [3.63, 3.8) is 0 Å². The molecule has 53 heavy (non-hydrogen) atoms. The number of hydrogen-bond donors (Lipinski definition) is 0. The van der Waals surface area contributed by atoms with Crippen molar-refractivity contribution in [2.24, 2.45) is 0 Å². The minimum absolute atomic E-state index is 0.122. The van der Waals surface area contributed by atoms with Gasteiger partial charge in [0.05, 0.1) is 34.5 Å². The number of fused-ring (bicyclic) bond motifs is 5. The van der Waals surface area contributed by atoms with Crippen molar-refractivity contribution in [3.8, 4) is 34.2 Å². The second kappa shape index (κ2) is 13.3. The zero-order valence-electron chi connectivity index (χ0n) is 29.1. The highest BCUT2D eigenvalue weighted by Crippen LogP contribution is 2.53. The lowest BCUT2D eigenvalue weighted by Crippen LogP contribution is -2.23. The Hall–Kier alpha value is -6.94. The second-order valence-corrected chi connectivity index (χ2v) is 12.9. The molecule has 0 spiro atoms. The summed E-state index contributed by atoms with van der Waals surface area (Å²) < 4.78 is 0. The molecular weight excluding hydrogens is 657 g/mol. The molecular formula is C43H32N10. The van der Waals surface area contributed by atoms with Crippen LogP contribution in [0.1, 0.15) is 60.6 Å². The predicted octanol–water partition coefficient (Wildman–Crippen LogP) is 8.70. The van der Waals surface area contributed by atoms with Crippen LogP contribution < -0.4 is 0 Å². The zero-order valence-corrected chi connectivity index (χ0v) is 29.1. The summed E-state index contributed by atoms with van der Waals surface area (Å²) in [6.07, 6.45) is 16.3. The van der Waals surface area contributed by atoms with Crippen molar-refractivity contribution in [1.29, 1.82) is 0 Å². The standard InChI is InChI=1S/C43H32N10/c1-3-43(4-2)31-21-27(15-19-39-46-25-48-41(52-39)37-23-44-33-9-5-7-11-35(33)50-37)13-17-29(31)30-18-14-28(22-32(30)43)16-20-40-47-26-49-42(53-40)38-24-45-34-10-6-8-12-36(34)51-38/h5-26H,3-4H2,1-2H3/b19-15+,20-16+. The number of hydrogen-bond acceptors (Lipinski definition) is 10. The van der Waals surface area contributed by atoms with E-state index in [1.165, 1.54) is 34.9 Å². The Morgan fingerprint density at radius 1 is 0.472 bits per heavy atom. The summed E-state index contributed by atoms with van der Waals surface area (Å²) in [4.78, 5) is 45.3. The van der Waals surface area contributed by atoms with Crippen molar-refractivity contribution in [1.82, 2.24) is 49.8 Å². The topological polar surface area (TPSA) is 129 Å². The Labute approximate surface area is 305 Å². The Morgan fingerprint density at radius 2 is 0.925 bits per heavy atom. The van der Waals surface area contributed by atoms with Gasteiger partial charge in [0.2, 0.25) is 0 Å². The summed E-state index contributed by atoms with van der Waals surface area (Å²) in [6.45, 7) is 4.55. The summed E-state index contributed by atoms with van der Waals surface area (Å²) in [5.41, 5.74) is 11.7. The fraction of sp³-hybridized carbons (Fsp3) is 0.116. The van der Waals surface area contributed by atoms with Crippen LogP contribution in [0, 0.1) is 0 Å². The normalized spacial score (nSPS) is 13.2. The van der Waals surface area contributed by atoms with Gasteiger partial charge in [-0.3, -0.25) is 9.97 Å². The smallest absolute Gasteiger partial charge is 0.183 e. The molecule has 0 bridgehead atoms. The van der Waals surface area contributed by atoms with E-state index in [2.05, 4.69) is 102 Å². The van der Waals surface area contributed by atoms with E-state index in [0.717, 1.165) is 46.0 Å². The molecule has 0 aliphatic heterocycles. The lowest BCUT2D eigenvalue weighted by atomic mass is 9.73. The van der Waals surface area contributed by atoms with E-state index < -0.39 is 0 Å². The quantitative estimate of drug-likeness (QED) is 0.153. The molecule has 1 aliphatic rings. The molecule has 254 valence electrons. The SMILES string of the molecule is CCC1(CC)c2cc(/C=C/c3ncnc(-c4cnc5ccccc5n4)n3)ccc2-c2ccc(/C=C/c3ncnc(-c4cnc5ccccc5n4)n3)cc21. The third-order valence-corrected chi connectivity index (χ3v) is 10.0. The zero-order chi connectivity index (χ0) is 35.8. The average molecular weight is 689 g/mol. The van der Waals surface area contributed by atoms with Gasteiger partial charge in [0, 0.05) is 5.41 Å². The molecule has 1 aliphatic carbocycles. The largest absolute Gasteiger partial charge is 0.252 e. The molecule has 4 aromatic carbocycles. The summed E-state index contributed by atoms with van der Waals surface area (Å²) in [7, 11) is 0. The molecule has 0 saturated carbocycles. The number of aromatic nitrogens is 10. The van der Waals surface area contributed by atoms with Crippen LogP contribution >= 0.6 is 0 Å². The van der Waals surface area contributed by atoms with Gasteiger partial charge >= 0.3 is 0 Å². The van der Waals surface area contributed by atoms with Gasteiger partial charge in [-0.1, -0.05) is 86.7 Å². The average Bonchev–Trinajstić information content (AvgIpc) is 3.50. The van der Waals surface area contributed by atoms with Crippen LogP contribution in [0.5, 0.6) is 0 Å². The van der Waals surface area contributed by atoms with Gasteiger partial charge in [0.1, 0.15) is 24.0 Å². The van der Waals surface area contributed by atoms with E-state index in [-0.39, 0.29) is 5.41 Å². The Morgan fingerprint density at radius 3 is 1.38 bits per heavy atom. The van der Waals surface area contributed by atoms with Gasteiger partial charge in [0.25, 0.3) is 0 Å². The van der Waals surface area contributed by atoms with E-state index in [1.54, 1.807) is 12.4 Å². The van der Waals surface area contributed by atoms with Gasteiger partial charge in [-0.05, 0) is 82.6 Å². The maximum atomic E-state index is 4.70. The molecule has 10 heteroatoms. The van der Waals surface area contributed by atoms with Crippen molar-refractivity contribution in [2.75, 3.05) is 0 Å². The van der Waals surface area contributed by atoms with Crippen LogP contribution in [0.2, 0.25) is 0 Å². The minimum atomic E-state index is -0.122. The highest BCUT2D eigenvalue weighted by molar-refractivity contribution is 5.85. The molecule has 4 aromatic heterocycles. The van der Waals surface area contributed by atoms with E-state index in [1.807, 2.05) is 60.7 Å². The number of benzene rings is 4. The van der Waals surface area contributed by atoms with Crippen LogP contribution in [0.25, 0.3) is 80.5 Å². The monoisotopic (exact) mass is 688 g/mol. The third kappa shape index (κ3) is 5.89. The lowest BCUT2D eigenvalue weighted by molar-refractivity contribution is 0.490. The maximum Gasteiger partial charge on any atom is 0.183 e. The Balaban J connectivity index is 0.979. The van der Waals surface area contributed by atoms with Gasteiger partial charge in [0.15, 0.2) is 23.3 Å². The van der Waals surface area contributed by atoms with Crippen LogP contribution in [0.4, 0.5) is 0 Å². The Kier molecular flexibility index (Phi) is 8.04. The summed E-state index contributed by atoms with van der Waals surface area (Å²) >= 11 is 0. The van der Waals surface area contributed by atoms with Gasteiger partial charge < -0.3 is 0 Å². The molecule has 0 radical (unpaired) electrons. The molecule has 8 aromatic rings. The maximum absolute atomic E-state index is 4.70.